The summed E-state index contributed by atoms with van der Waals surface area (Å²) in [4.78, 5) is 13.5. The number of rotatable bonds is 5. The molecule has 2 fully saturated rings. The molecule has 22 heavy (non-hydrogen) atoms. The lowest BCUT2D eigenvalue weighted by Crippen LogP contribution is -2.67. The van der Waals surface area contributed by atoms with Crippen LogP contribution in [-0.4, -0.2) is 31.3 Å². The lowest BCUT2D eigenvalue weighted by atomic mass is 9.57. The van der Waals surface area contributed by atoms with Crippen molar-refractivity contribution in [2.75, 3.05) is 13.2 Å². The van der Waals surface area contributed by atoms with Crippen LogP contribution in [0.3, 0.4) is 0 Å². The maximum atomic E-state index is 12.2. The van der Waals surface area contributed by atoms with Gasteiger partial charge in [0.2, 0.25) is 0 Å². The number of amides is 2. The third kappa shape index (κ3) is 3.01. The van der Waals surface area contributed by atoms with Crippen molar-refractivity contribution < 1.29 is 9.53 Å². The molecule has 4 unspecified atom stereocenters. The Hall–Kier alpha value is -1.07. The summed E-state index contributed by atoms with van der Waals surface area (Å²) < 4.78 is 5.77. The summed E-state index contributed by atoms with van der Waals surface area (Å²) in [5, 5.41) is 8.29. The van der Waals surface area contributed by atoms with Gasteiger partial charge in [0.05, 0.1) is 6.10 Å². The van der Waals surface area contributed by atoms with Crippen LogP contribution in [0.1, 0.15) is 32.1 Å². The Morgan fingerprint density at radius 3 is 3.09 bits per heavy atom. The molecule has 1 aliphatic heterocycles. The molecular formula is C17H26N2O2S. The van der Waals surface area contributed by atoms with Gasteiger partial charge in [-0.05, 0) is 30.2 Å². The second-order valence-electron chi connectivity index (χ2n) is 7.29. The number of hydrogen-bond donors (Lipinski definition) is 2. The zero-order chi connectivity index (χ0) is 15.7. The van der Waals surface area contributed by atoms with E-state index in [9.17, 15) is 4.79 Å². The van der Waals surface area contributed by atoms with E-state index in [-0.39, 0.29) is 17.5 Å². The summed E-state index contributed by atoms with van der Waals surface area (Å²) in [6.07, 6.45) is 2.40. The number of thiophene rings is 1. The number of fused-ring (bicyclic) bond motifs is 1. The molecule has 3 rings (SSSR count). The van der Waals surface area contributed by atoms with Crippen molar-refractivity contribution in [2.45, 2.75) is 45.8 Å². The topological polar surface area (TPSA) is 50.4 Å². The molecule has 122 valence electrons. The molecule has 0 aromatic carbocycles. The smallest absolute Gasteiger partial charge is 0.315 e. The van der Waals surface area contributed by atoms with Gasteiger partial charge in [0.1, 0.15) is 0 Å². The van der Waals surface area contributed by atoms with Crippen LogP contribution in [0.2, 0.25) is 0 Å². The summed E-state index contributed by atoms with van der Waals surface area (Å²) in [6.45, 7) is 8.08. The quantitative estimate of drug-likeness (QED) is 0.875. The van der Waals surface area contributed by atoms with Crippen molar-refractivity contribution in [3.05, 3.63) is 22.4 Å². The van der Waals surface area contributed by atoms with Crippen molar-refractivity contribution in [3.8, 4) is 0 Å². The molecule has 1 aromatic rings. The number of carbonyl (C=O) groups excluding carboxylic acids is 1. The fourth-order valence-corrected chi connectivity index (χ4v) is 4.79. The van der Waals surface area contributed by atoms with Gasteiger partial charge >= 0.3 is 6.03 Å². The summed E-state index contributed by atoms with van der Waals surface area (Å²) >= 11 is 1.78. The SMILES string of the molecule is CC(CNC(=O)NC1C2CCOC2C1(C)C)Cc1cccs1. The molecule has 2 aliphatic rings. The van der Waals surface area contributed by atoms with Gasteiger partial charge in [0.25, 0.3) is 0 Å². The molecule has 2 N–H and O–H groups in total. The van der Waals surface area contributed by atoms with Crippen molar-refractivity contribution in [1.82, 2.24) is 10.6 Å². The molecule has 1 saturated carbocycles. The predicted octanol–water partition coefficient (Wildman–Crippen LogP) is 3.04. The van der Waals surface area contributed by atoms with Crippen LogP contribution in [0.15, 0.2) is 17.5 Å². The Balaban J connectivity index is 1.43. The van der Waals surface area contributed by atoms with E-state index >= 15 is 0 Å². The predicted molar refractivity (Wildman–Crippen MR) is 89.1 cm³/mol. The molecule has 0 bridgehead atoms. The standard InChI is InChI=1S/C17H26N2O2S/c1-11(9-12-5-4-8-22-12)10-18-16(20)19-14-13-6-7-21-15(13)17(14,2)3/h4-5,8,11,13-15H,6-7,9-10H2,1-3H3,(H2,18,19,20). The van der Waals surface area contributed by atoms with Gasteiger partial charge in [-0.2, -0.15) is 0 Å². The van der Waals surface area contributed by atoms with E-state index in [0.717, 1.165) is 19.4 Å². The van der Waals surface area contributed by atoms with E-state index < -0.39 is 0 Å². The molecule has 4 atom stereocenters. The average molecular weight is 322 g/mol. The van der Waals surface area contributed by atoms with E-state index in [1.165, 1.54) is 4.88 Å². The first-order chi connectivity index (χ1) is 10.5. The van der Waals surface area contributed by atoms with E-state index in [4.69, 9.17) is 4.74 Å². The minimum atomic E-state index is -0.0403. The summed E-state index contributed by atoms with van der Waals surface area (Å²) in [7, 11) is 0. The highest BCUT2D eigenvalue weighted by Gasteiger charge is 2.59. The summed E-state index contributed by atoms with van der Waals surface area (Å²) in [5.74, 6) is 0.936. The molecule has 1 saturated heterocycles. The molecule has 2 heterocycles. The molecule has 1 aliphatic carbocycles. The highest BCUT2D eigenvalue weighted by Crippen LogP contribution is 2.52. The normalized spacial score (nSPS) is 30.2. The van der Waals surface area contributed by atoms with Gasteiger partial charge < -0.3 is 15.4 Å². The second-order valence-corrected chi connectivity index (χ2v) is 8.32. The average Bonchev–Trinajstić information content (AvgIpc) is 3.12. The van der Waals surface area contributed by atoms with E-state index in [1.807, 2.05) is 0 Å². The maximum Gasteiger partial charge on any atom is 0.315 e. The minimum Gasteiger partial charge on any atom is -0.377 e. The molecule has 0 radical (unpaired) electrons. The first-order valence-corrected chi connectivity index (χ1v) is 9.05. The molecule has 0 spiro atoms. The Bertz CT molecular complexity index is 515. The summed E-state index contributed by atoms with van der Waals surface area (Å²) in [6, 6.07) is 4.42. The van der Waals surface area contributed by atoms with Gasteiger partial charge in [0, 0.05) is 35.4 Å². The Kier molecular flexibility index (Phi) is 4.46. The van der Waals surface area contributed by atoms with Crippen LogP contribution in [-0.2, 0) is 11.2 Å². The molecule has 5 heteroatoms. The number of ether oxygens (including phenoxy) is 1. The van der Waals surface area contributed by atoms with E-state index in [2.05, 4.69) is 48.9 Å². The van der Waals surface area contributed by atoms with Crippen molar-refractivity contribution in [1.29, 1.82) is 0 Å². The zero-order valence-electron chi connectivity index (χ0n) is 13.6. The zero-order valence-corrected chi connectivity index (χ0v) is 14.4. The first kappa shape index (κ1) is 15.8. The van der Waals surface area contributed by atoms with Gasteiger partial charge in [0.15, 0.2) is 0 Å². The van der Waals surface area contributed by atoms with Crippen LogP contribution >= 0.6 is 11.3 Å². The second kappa shape index (κ2) is 6.20. The van der Waals surface area contributed by atoms with Crippen LogP contribution in [0.25, 0.3) is 0 Å². The van der Waals surface area contributed by atoms with E-state index in [0.29, 0.717) is 24.5 Å². The van der Waals surface area contributed by atoms with Crippen molar-refractivity contribution >= 4 is 17.4 Å². The highest BCUT2D eigenvalue weighted by atomic mass is 32.1. The fourth-order valence-electron chi connectivity index (χ4n) is 3.92. The third-order valence-corrected chi connectivity index (χ3v) is 6.03. The van der Waals surface area contributed by atoms with Gasteiger partial charge in [-0.3, -0.25) is 0 Å². The van der Waals surface area contributed by atoms with Crippen LogP contribution in [0.5, 0.6) is 0 Å². The molecule has 1 aromatic heterocycles. The molecular weight excluding hydrogens is 296 g/mol. The molecule has 2 amide bonds. The lowest BCUT2D eigenvalue weighted by Gasteiger charge is -2.54. The number of carbonyl (C=O) groups is 1. The van der Waals surface area contributed by atoms with Gasteiger partial charge in [-0.1, -0.05) is 26.8 Å². The number of nitrogens with one attached hydrogen (secondary N) is 2. The van der Waals surface area contributed by atoms with Gasteiger partial charge in [-0.25, -0.2) is 4.79 Å². The maximum absolute atomic E-state index is 12.2. The van der Waals surface area contributed by atoms with Crippen LogP contribution < -0.4 is 10.6 Å². The monoisotopic (exact) mass is 322 g/mol. The fraction of sp³-hybridized carbons (Fsp3) is 0.706. The molecule has 4 nitrogen and oxygen atoms in total. The third-order valence-electron chi connectivity index (χ3n) is 5.13. The minimum absolute atomic E-state index is 0.0403. The van der Waals surface area contributed by atoms with E-state index in [1.54, 1.807) is 11.3 Å². The highest BCUT2D eigenvalue weighted by molar-refractivity contribution is 7.09. The largest absolute Gasteiger partial charge is 0.377 e. The lowest BCUT2D eigenvalue weighted by molar-refractivity contribution is -0.108. The van der Waals surface area contributed by atoms with Crippen LogP contribution in [0.4, 0.5) is 4.79 Å². The van der Waals surface area contributed by atoms with Gasteiger partial charge in [-0.15, -0.1) is 11.3 Å². The Labute approximate surface area is 136 Å². The van der Waals surface area contributed by atoms with Crippen molar-refractivity contribution in [3.63, 3.8) is 0 Å². The van der Waals surface area contributed by atoms with Crippen LogP contribution in [0, 0.1) is 17.3 Å². The summed E-state index contributed by atoms with van der Waals surface area (Å²) in [5.41, 5.74) is 0.0427. The Morgan fingerprint density at radius 2 is 2.36 bits per heavy atom. The Morgan fingerprint density at radius 1 is 1.55 bits per heavy atom. The van der Waals surface area contributed by atoms with Crippen molar-refractivity contribution in [2.24, 2.45) is 17.3 Å². The first-order valence-electron chi connectivity index (χ1n) is 8.17. The number of urea groups is 1. The number of hydrogen-bond acceptors (Lipinski definition) is 3.